The molecule has 1 N–H and O–H groups in total. The van der Waals surface area contributed by atoms with Gasteiger partial charge in [0.25, 0.3) is 0 Å². The number of carbonyl (C=O) groups excluding carboxylic acids is 1. The Kier molecular flexibility index (Phi) is 4.94. The van der Waals surface area contributed by atoms with E-state index in [9.17, 15) is 18.0 Å². The Balaban J connectivity index is 1.97. The lowest BCUT2D eigenvalue weighted by Gasteiger charge is -2.21. The van der Waals surface area contributed by atoms with Gasteiger partial charge >= 0.3 is 6.18 Å². The first-order valence-corrected chi connectivity index (χ1v) is 8.53. The molecule has 1 aliphatic heterocycles. The van der Waals surface area contributed by atoms with Crippen molar-refractivity contribution in [1.29, 1.82) is 0 Å². The number of amides is 1. The van der Waals surface area contributed by atoms with Crippen LogP contribution in [0.25, 0.3) is 0 Å². The fraction of sp³-hybridized carbons (Fsp3) is 0.350. The third-order valence-corrected chi connectivity index (χ3v) is 4.77. The number of carbonyl (C=O) groups is 1. The zero-order chi connectivity index (χ0) is 18.9. The van der Waals surface area contributed by atoms with Crippen LogP contribution in [0.5, 0.6) is 5.75 Å². The highest BCUT2D eigenvalue weighted by atomic mass is 19.4. The highest BCUT2D eigenvalue weighted by molar-refractivity contribution is 5.94. The molecule has 2 atom stereocenters. The summed E-state index contributed by atoms with van der Waals surface area (Å²) in [5, 5.41) is 2.75. The molecular formula is C20H20F3NO2. The minimum Gasteiger partial charge on any atom is -0.494 e. The van der Waals surface area contributed by atoms with E-state index in [1.165, 1.54) is 6.07 Å². The zero-order valence-electron chi connectivity index (χ0n) is 14.6. The van der Waals surface area contributed by atoms with Crippen molar-refractivity contribution in [3.05, 3.63) is 59.2 Å². The fourth-order valence-electron chi connectivity index (χ4n) is 3.29. The number of hydrogen-bond donors (Lipinski definition) is 1. The molecule has 0 spiro atoms. The van der Waals surface area contributed by atoms with Gasteiger partial charge in [-0.15, -0.1) is 0 Å². The number of anilines is 1. The van der Waals surface area contributed by atoms with E-state index in [1.54, 1.807) is 6.92 Å². The largest absolute Gasteiger partial charge is 0.494 e. The Morgan fingerprint density at radius 2 is 1.85 bits per heavy atom. The Bertz CT molecular complexity index is 800. The fourth-order valence-corrected chi connectivity index (χ4v) is 3.29. The molecule has 26 heavy (non-hydrogen) atoms. The van der Waals surface area contributed by atoms with Gasteiger partial charge < -0.3 is 10.1 Å². The van der Waals surface area contributed by atoms with Crippen molar-refractivity contribution in [3.8, 4) is 5.75 Å². The summed E-state index contributed by atoms with van der Waals surface area (Å²) in [5.41, 5.74) is 1.14. The summed E-state index contributed by atoms with van der Waals surface area (Å²) in [5.74, 6) is -0.0470. The Labute approximate surface area is 150 Å². The molecule has 2 aromatic carbocycles. The van der Waals surface area contributed by atoms with Gasteiger partial charge in [-0.1, -0.05) is 19.1 Å². The van der Waals surface area contributed by atoms with E-state index in [1.807, 2.05) is 31.2 Å². The lowest BCUT2D eigenvalue weighted by Crippen LogP contribution is -2.24. The lowest BCUT2D eigenvalue weighted by atomic mass is 9.82. The molecule has 0 radical (unpaired) electrons. The Hall–Kier alpha value is -2.50. The predicted molar refractivity (Wildman–Crippen MR) is 93.3 cm³/mol. The molecule has 0 saturated carbocycles. The molecule has 0 aromatic heterocycles. The molecule has 3 nitrogen and oxygen atoms in total. The summed E-state index contributed by atoms with van der Waals surface area (Å²) >= 11 is 0. The first kappa shape index (κ1) is 18.3. The van der Waals surface area contributed by atoms with Crippen LogP contribution in [0.2, 0.25) is 0 Å². The van der Waals surface area contributed by atoms with Gasteiger partial charge in [-0.2, -0.15) is 13.2 Å². The molecule has 2 unspecified atom stereocenters. The van der Waals surface area contributed by atoms with Crippen LogP contribution in [-0.4, -0.2) is 12.5 Å². The highest BCUT2D eigenvalue weighted by Crippen LogP contribution is 2.38. The Morgan fingerprint density at radius 1 is 1.15 bits per heavy atom. The van der Waals surface area contributed by atoms with E-state index < -0.39 is 11.7 Å². The third-order valence-electron chi connectivity index (χ3n) is 4.77. The molecular weight excluding hydrogens is 343 g/mol. The molecule has 6 heteroatoms. The quantitative estimate of drug-likeness (QED) is 0.832. The van der Waals surface area contributed by atoms with Crippen molar-refractivity contribution in [3.63, 3.8) is 0 Å². The number of benzene rings is 2. The topological polar surface area (TPSA) is 38.3 Å². The molecule has 1 aliphatic rings. The van der Waals surface area contributed by atoms with Gasteiger partial charge in [0.15, 0.2) is 0 Å². The zero-order valence-corrected chi connectivity index (χ0v) is 14.6. The maximum Gasteiger partial charge on any atom is 0.416 e. The second-order valence-electron chi connectivity index (χ2n) is 6.46. The van der Waals surface area contributed by atoms with Crippen LogP contribution in [0, 0.1) is 5.92 Å². The summed E-state index contributed by atoms with van der Waals surface area (Å²) < 4.78 is 44.6. The first-order chi connectivity index (χ1) is 12.3. The predicted octanol–water partition coefficient (Wildman–Crippen LogP) is 5.02. The second kappa shape index (κ2) is 7.02. The van der Waals surface area contributed by atoms with Crippen molar-refractivity contribution >= 4 is 11.6 Å². The molecule has 3 rings (SSSR count). The van der Waals surface area contributed by atoms with Gasteiger partial charge in [-0.3, -0.25) is 4.79 Å². The Morgan fingerprint density at radius 3 is 2.46 bits per heavy atom. The second-order valence-corrected chi connectivity index (χ2v) is 6.46. The number of fused-ring (bicyclic) bond motifs is 1. The minimum absolute atomic E-state index is 0.192. The van der Waals surface area contributed by atoms with E-state index in [-0.39, 0.29) is 17.7 Å². The molecule has 0 bridgehead atoms. The molecule has 0 aliphatic carbocycles. The standard InChI is InChI=1S/C20H20F3NO2/c1-3-26-16-7-4-13(5-8-16)17-11-14-10-15(20(21,22)23)6-9-18(14)24-19(25)12(17)2/h4-10,12,17H,3,11H2,1-2H3,(H,24,25). The number of nitrogens with one attached hydrogen (secondary N) is 1. The van der Waals surface area contributed by atoms with E-state index in [2.05, 4.69) is 5.32 Å². The van der Waals surface area contributed by atoms with Crippen LogP contribution >= 0.6 is 0 Å². The van der Waals surface area contributed by atoms with Gasteiger partial charge in [0.2, 0.25) is 5.91 Å². The maximum absolute atomic E-state index is 13.0. The van der Waals surface area contributed by atoms with Gasteiger partial charge in [0, 0.05) is 11.6 Å². The van der Waals surface area contributed by atoms with Crippen LogP contribution in [0.3, 0.4) is 0 Å². The molecule has 2 aromatic rings. The normalized spacial score (nSPS) is 20.1. The monoisotopic (exact) mass is 363 g/mol. The van der Waals surface area contributed by atoms with Gasteiger partial charge in [0.1, 0.15) is 5.75 Å². The van der Waals surface area contributed by atoms with Crippen LogP contribution in [0.4, 0.5) is 18.9 Å². The molecule has 0 fully saturated rings. The number of hydrogen-bond acceptors (Lipinski definition) is 2. The smallest absolute Gasteiger partial charge is 0.416 e. The molecule has 138 valence electrons. The number of ether oxygens (including phenoxy) is 1. The van der Waals surface area contributed by atoms with Crippen LogP contribution in [-0.2, 0) is 17.4 Å². The number of rotatable bonds is 3. The molecule has 0 saturated heterocycles. The van der Waals surface area contributed by atoms with Crippen molar-refractivity contribution in [2.75, 3.05) is 11.9 Å². The van der Waals surface area contributed by atoms with E-state index in [0.717, 1.165) is 23.4 Å². The molecule has 1 heterocycles. The van der Waals surface area contributed by atoms with Crippen molar-refractivity contribution in [2.45, 2.75) is 32.4 Å². The summed E-state index contributed by atoms with van der Waals surface area (Å²) in [7, 11) is 0. The SMILES string of the molecule is CCOc1ccc(C2Cc3cc(C(F)(F)F)ccc3NC(=O)C2C)cc1. The van der Waals surface area contributed by atoms with E-state index in [4.69, 9.17) is 4.74 Å². The minimum atomic E-state index is -4.41. The third kappa shape index (κ3) is 3.69. The number of halogens is 3. The van der Waals surface area contributed by atoms with Crippen LogP contribution in [0.15, 0.2) is 42.5 Å². The summed E-state index contributed by atoms with van der Waals surface area (Å²) in [6, 6.07) is 10.9. The van der Waals surface area contributed by atoms with Crippen molar-refractivity contribution in [2.24, 2.45) is 5.92 Å². The maximum atomic E-state index is 13.0. The van der Waals surface area contributed by atoms with Crippen LogP contribution < -0.4 is 10.1 Å². The molecule has 1 amide bonds. The van der Waals surface area contributed by atoms with E-state index >= 15 is 0 Å². The summed E-state index contributed by atoms with van der Waals surface area (Å²) in [6.07, 6.45) is -4.06. The van der Waals surface area contributed by atoms with Crippen molar-refractivity contribution < 1.29 is 22.7 Å². The summed E-state index contributed by atoms with van der Waals surface area (Å²) in [6.45, 7) is 4.24. The van der Waals surface area contributed by atoms with Crippen LogP contribution in [0.1, 0.15) is 36.5 Å². The highest BCUT2D eigenvalue weighted by Gasteiger charge is 2.34. The van der Waals surface area contributed by atoms with Gasteiger partial charge in [-0.25, -0.2) is 0 Å². The lowest BCUT2D eigenvalue weighted by molar-refractivity contribution is -0.137. The average molecular weight is 363 g/mol. The van der Waals surface area contributed by atoms with Gasteiger partial charge in [0.05, 0.1) is 12.2 Å². The number of alkyl halides is 3. The van der Waals surface area contributed by atoms with E-state index in [0.29, 0.717) is 24.3 Å². The first-order valence-electron chi connectivity index (χ1n) is 8.53. The summed E-state index contributed by atoms with van der Waals surface area (Å²) in [4.78, 5) is 12.5. The van der Waals surface area contributed by atoms with Gasteiger partial charge in [-0.05, 0) is 60.7 Å². The average Bonchev–Trinajstić information content (AvgIpc) is 2.72. The van der Waals surface area contributed by atoms with Crippen molar-refractivity contribution in [1.82, 2.24) is 0 Å².